The number of aryl methyl sites for hydroxylation is 1. The molecule has 4 rings (SSSR count). The van der Waals surface area contributed by atoms with Crippen LogP contribution in [-0.2, 0) is 22.0 Å². The third kappa shape index (κ3) is 5.92. The summed E-state index contributed by atoms with van der Waals surface area (Å²) in [5.74, 6) is 1.20. The molecule has 0 bridgehead atoms. The Balaban J connectivity index is 1.43. The minimum atomic E-state index is -3.03. The van der Waals surface area contributed by atoms with Crippen molar-refractivity contribution >= 4 is 44.6 Å². The highest BCUT2D eigenvalue weighted by atomic mass is 35.6. The van der Waals surface area contributed by atoms with E-state index in [0.717, 1.165) is 61.2 Å². The van der Waals surface area contributed by atoms with Crippen LogP contribution in [0.3, 0.4) is 0 Å². The number of fused-ring (bicyclic) bond motifs is 1. The van der Waals surface area contributed by atoms with E-state index in [1.54, 1.807) is 6.92 Å². The van der Waals surface area contributed by atoms with Crippen molar-refractivity contribution in [3.8, 4) is 16.9 Å². The summed E-state index contributed by atoms with van der Waals surface area (Å²) in [4.78, 5) is 2.19. The number of sulfone groups is 1. The van der Waals surface area contributed by atoms with Crippen molar-refractivity contribution in [3.05, 3.63) is 53.6 Å². The highest BCUT2D eigenvalue weighted by Crippen LogP contribution is 2.41. The molecule has 0 radical (unpaired) electrons. The lowest BCUT2D eigenvalue weighted by Crippen LogP contribution is -2.51. The van der Waals surface area contributed by atoms with E-state index >= 15 is 0 Å². The van der Waals surface area contributed by atoms with Gasteiger partial charge >= 0.3 is 0 Å². The molecule has 0 aromatic heterocycles. The van der Waals surface area contributed by atoms with Crippen molar-refractivity contribution in [3.63, 3.8) is 0 Å². The van der Waals surface area contributed by atoms with Gasteiger partial charge in [-0.05, 0) is 60.1 Å². The first-order valence-electron chi connectivity index (χ1n) is 11.0. The van der Waals surface area contributed by atoms with Crippen LogP contribution in [0.4, 0.5) is 0 Å². The molecule has 1 spiro atoms. The van der Waals surface area contributed by atoms with Gasteiger partial charge in [-0.3, -0.25) is 4.90 Å². The molecule has 1 fully saturated rings. The zero-order valence-electron chi connectivity index (χ0n) is 18.1. The quantitative estimate of drug-likeness (QED) is 0.470. The van der Waals surface area contributed by atoms with Crippen LogP contribution in [0.1, 0.15) is 37.3 Å². The molecular formula is C24H28Cl3NO3S. The van der Waals surface area contributed by atoms with Gasteiger partial charge in [0.1, 0.15) is 11.4 Å². The standard InChI is InChI=1S/C24H28Cl3NO3S/c1-2-32(29,30)16-18-3-5-19(6-4-18)20-7-8-22-21(15-20)9-10-23(31-22)11-13-28(14-12-23)17-24(25,26)27/h3-8,15H,2,9-14,16-17H2,1H3. The molecule has 0 N–H and O–H groups in total. The van der Waals surface area contributed by atoms with Crippen molar-refractivity contribution in [2.45, 2.75) is 47.8 Å². The van der Waals surface area contributed by atoms with Gasteiger partial charge in [-0.1, -0.05) is 72.1 Å². The predicted molar refractivity (Wildman–Crippen MR) is 133 cm³/mol. The fourth-order valence-corrected chi connectivity index (χ4v) is 5.99. The molecule has 0 aliphatic carbocycles. The topological polar surface area (TPSA) is 46.6 Å². The molecule has 32 heavy (non-hydrogen) atoms. The van der Waals surface area contributed by atoms with E-state index in [-0.39, 0.29) is 17.1 Å². The van der Waals surface area contributed by atoms with Gasteiger partial charge in [0.15, 0.2) is 9.84 Å². The number of likely N-dealkylation sites (tertiary alicyclic amines) is 1. The molecule has 0 atom stereocenters. The molecule has 2 aromatic rings. The minimum absolute atomic E-state index is 0.0863. The van der Waals surface area contributed by atoms with Gasteiger partial charge in [-0.25, -0.2) is 8.42 Å². The fraction of sp³-hybridized carbons (Fsp3) is 0.500. The average molecular weight is 517 g/mol. The van der Waals surface area contributed by atoms with E-state index in [4.69, 9.17) is 39.5 Å². The monoisotopic (exact) mass is 515 g/mol. The molecule has 4 nitrogen and oxygen atoms in total. The van der Waals surface area contributed by atoms with Crippen molar-refractivity contribution in [1.82, 2.24) is 4.90 Å². The van der Waals surface area contributed by atoms with Crippen LogP contribution in [-0.4, -0.2) is 48.1 Å². The largest absolute Gasteiger partial charge is 0.487 e. The Bertz CT molecular complexity index is 1060. The maximum atomic E-state index is 11.9. The number of halogens is 3. The Morgan fingerprint density at radius 3 is 2.28 bits per heavy atom. The molecule has 2 aromatic carbocycles. The maximum Gasteiger partial charge on any atom is 0.203 e. The van der Waals surface area contributed by atoms with E-state index in [0.29, 0.717) is 6.54 Å². The molecule has 2 aliphatic heterocycles. The molecule has 0 saturated carbocycles. The summed E-state index contributed by atoms with van der Waals surface area (Å²) in [6.45, 7) is 3.84. The smallest absolute Gasteiger partial charge is 0.203 e. The van der Waals surface area contributed by atoms with E-state index in [2.05, 4.69) is 23.1 Å². The van der Waals surface area contributed by atoms with E-state index in [1.165, 1.54) is 5.56 Å². The van der Waals surface area contributed by atoms with Crippen LogP contribution in [0.5, 0.6) is 5.75 Å². The van der Waals surface area contributed by atoms with Crippen LogP contribution >= 0.6 is 34.8 Å². The van der Waals surface area contributed by atoms with E-state index in [9.17, 15) is 8.42 Å². The zero-order chi connectivity index (χ0) is 23.0. The molecule has 0 amide bonds. The summed E-state index contributed by atoms with van der Waals surface area (Å²) in [5.41, 5.74) is 4.09. The molecule has 8 heteroatoms. The summed E-state index contributed by atoms with van der Waals surface area (Å²) >= 11 is 17.9. The van der Waals surface area contributed by atoms with Crippen molar-refractivity contribution in [2.75, 3.05) is 25.4 Å². The summed E-state index contributed by atoms with van der Waals surface area (Å²) < 4.78 is 29.0. The fourth-order valence-electron chi connectivity index (χ4n) is 4.57. The summed E-state index contributed by atoms with van der Waals surface area (Å²) in [5, 5.41) is 0. The summed E-state index contributed by atoms with van der Waals surface area (Å²) in [6.07, 6.45) is 3.81. The number of ether oxygens (including phenoxy) is 1. The summed E-state index contributed by atoms with van der Waals surface area (Å²) in [7, 11) is -3.03. The molecular weight excluding hydrogens is 489 g/mol. The minimum Gasteiger partial charge on any atom is -0.487 e. The lowest BCUT2D eigenvalue weighted by atomic mass is 9.82. The Hall–Kier alpha value is -0.980. The van der Waals surface area contributed by atoms with Crippen LogP contribution in [0.15, 0.2) is 42.5 Å². The molecule has 0 unspecified atom stereocenters. The SMILES string of the molecule is CCS(=O)(=O)Cc1ccc(-c2ccc3c(c2)CCC2(CCN(CC(Cl)(Cl)Cl)CC2)O3)cc1. The van der Waals surface area contributed by atoms with Crippen molar-refractivity contribution in [1.29, 1.82) is 0 Å². The summed E-state index contributed by atoms with van der Waals surface area (Å²) in [6, 6.07) is 14.1. The second kappa shape index (κ2) is 9.34. The van der Waals surface area contributed by atoms with Gasteiger partial charge < -0.3 is 4.74 Å². The van der Waals surface area contributed by atoms with Crippen molar-refractivity contribution < 1.29 is 13.2 Å². The predicted octanol–water partition coefficient (Wildman–Crippen LogP) is 5.82. The lowest BCUT2D eigenvalue weighted by molar-refractivity contribution is -0.0139. The first-order chi connectivity index (χ1) is 15.1. The lowest BCUT2D eigenvalue weighted by Gasteiger charge is -2.45. The molecule has 2 aliphatic rings. The highest BCUT2D eigenvalue weighted by Gasteiger charge is 2.40. The van der Waals surface area contributed by atoms with Crippen LogP contribution in [0, 0.1) is 0 Å². The Labute approximate surface area is 205 Å². The van der Waals surface area contributed by atoms with Gasteiger partial charge in [-0.2, -0.15) is 0 Å². The maximum absolute atomic E-state index is 11.9. The number of benzene rings is 2. The number of nitrogens with zero attached hydrogens (tertiary/aromatic N) is 1. The zero-order valence-corrected chi connectivity index (χ0v) is 21.2. The Morgan fingerprint density at radius 1 is 1.00 bits per heavy atom. The molecule has 2 heterocycles. The second-order valence-electron chi connectivity index (χ2n) is 8.87. The van der Waals surface area contributed by atoms with Gasteiger partial charge in [0.2, 0.25) is 3.79 Å². The third-order valence-corrected chi connectivity index (χ3v) is 8.53. The Morgan fingerprint density at radius 2 is 1.66 bits per heavy atom. The molecule has 174 valence electrons. The first kappa shape index (κ1) is 24.2. The number of alkyl halides is 3. The highest BCUT2D eigenvalue weighted by molar-refractivity contribution is 7.90. The Kier molecular flexibility index (Phi) is 7.05. The average Bonchev–Trinajstić information content (AvgIpc) is 2.75. The normalized spacial score (nSPS) is 18.9. The van der Waals surface area contributed by atoms with E-state index < -0.39 is 13.6 Å². The number of piperidine rings is 1. The third-order valence-electron chi connectivity index (χ3n) is 6.52. The number of hydrogen-bond donors (Lipinski definition) is 0. The van der Waals surface area contributed by atoms with Gasteiger partial charge in [0, 0.05) is 25.4 Å². The molecule has 1 saturated heterocycles. The van der Waals surface area contributed by atoms with Crippen molar-refractivity contribution in [2.24, 2.45) is 0 Å². The number of rotatable bonds is 5. The number of hydrogen-bond acceptors (Lipinski definition) is 4. The van der Waals surface area contributed by atoms with Gasteiger partial charge in [-0.15, -0.1) is 0 Å². The van der Waals surface area contributed by atoms with Crippen LogP contribution in [0.25, 0.3) is 11.1 Å². The van der Waals surface area contributed by atoms with Crippen LogP contribution < -0.4 is 4.74 Å². The van der Waals surface area contributed by atoms with Gasteiger partial charge in [0.25, 0.3) is 0 Å². The van der Waals surface area contributed by atoms with E-state index in [1.807, 2.05) is 24.3 Å². The first-order valence-corrected chi connectivity index (χ1v) is 13.9. The second-order valence-corrected chi connectivity index (χ2v) is 13.7. The van der Waals surface area contributed by atoms with Crippen LogP contribution in [0.2, 0.25) is 0 Å². The van der Waals surface area contributed by atoms with Gasteiger partial charge in [0.05, 0.1) is 5.75 Å².